The molecule has 0 aromatic rings. The van der Waals surface area contributed by atoms with Crippen LogP contribution in [0.25, 0.3) is 0 Å². The molecule has 2 rings (SSSR count). The molecule has 1 spiro atoms. The van der Waals surface area contributed by atoms with Crippen molar-refractivity contribution < 1.29 is 14.6 Å². The predicted molar refractivity (Wildman–Crippen MR) is 48.2 cm³/mol. The van der Waals surface area contributed by atoms with E-state index in [1.807, 2.05) is 26.8 Å². The first-order chi connectivity index (χ1) is 5.94. The number of hydrogen-bond acceptors (Lipinski definition) is 3. The highest BCUT2D eigenvalue weighted by atomic mass is 16.8. The van der Waals surface area contributed by atoms with Gasteiger partial charge < -0.3 is 14.6 Å². The second-order valence-corrected chi connectivity index (χ2v) is 4.41. The van der Waals surface area contributed by atoms with Gasteiger partial charge in [0.1, 0.15) is 5.60 Å². The van der Waals surface area contributed by atoms with E-state index in [4.69, 9.17) is 9.47 Å². The molecule has 1 saturated heterocycles. The van der Waals surface area contributed by atoms with Crippen LogP contribution in [0.4, 0.5) is 0 Å². The minimum Gasteiger partial charge on any atom is -0.389 e. The van der Waals surface area contributed by atoms with Crippen LogP contribution in [0.2, 0.25) is 0 Å². The molecule has 0 amide bonds. The molecule has 2 atom stereocenters. The summed E-state index contributed by atoms with van der Waals surface area (Å²) >= 11 is 0. The van der Waals surface area contributed by atoms with Gasteiger partial charge >= 0.3 is 0 Å². The van der Waals surface area contributed by atoms with E-state index in [0.29, 0.717) is 13.0 Å². The van der Waals surface area contributed by atoms with E-state index in [1.54, 1.807) is 0 Å². The highest BCUT2D eigenvalue weighted by Crippen LogP contribution is 2.42. The van der Waals surface area contributed by atoms with E-state index in [1.165, 1.54) is 0 Å². The van der Waals surface area contributed by atoms with Gasteiger partial charge in [0, 0.05) is 6.42 Å². The van der Waals surface area contributed by atoms with Crippen molar-refractivity contribution in [2.24, 2.45) is 0 Å². The summed E-state index contributed by atoms with van der Waals surface area (Å²) in [6.07, 6.45) is 2.10. The number of aliphatic hydroxyl groups excluding tert-OH is 1. The van der Waals surface area contributed by atoms with Crippen molar-refractivity contribution in [2.45, 2.75) is 44.7 Å². The van der Waals surface area contributed by atoms with Crippen LogP contribution < -0.4 is 0 Å². The lowest BCUT2D eigenvalue weighted by Crippen LogP contribution is -2.34. The van der Waals surface area contributed by atoms with Crippen molar-refractivity contribution in [3.8, 4) is 0 Å². The highest BCUT2D eigenvalue weighted by Gasteiger charge is 2.50. The molecule has 2 aliphatic rings. The molecule has 3 heteroatoms. The Morgan fingerprint density at radius 1 is 1.54 bits per heavy atom. The zero-order valence-corrected chi connectivity index (χ0v) is 8.33. The molecule has 0 bridgehead atoms. The van der Waals surface area contributed by atoms with Gasteiger partial charge in [-0.15, -0.1) is 0 Å². The minimum atomic E-state index is -0.515. The number of aliphatic hydroxyl groups is 1. The van der Waals surface area contributed by atoms with Crippen molar-refractivity contribution in [1.82, 2.24) is 0 Å². The van der Waals surface area contributed by atoms with E-state index in [0.717, 1.165) is 5.57 Å². The van der Waals surface area contributed by atoms with Gasteiger partial charge in [0.2, 0.25) is 0 Å². The number of rotatable bonds is 0. The maximum atomic E-state index is 9.48. The summed E-state index contributed by atoms with van der Waals surface area (Å²) in [6.45, 7) is 6.35. The van der Waals surface area contributed by atoms with Crippen LogP contribution in [-0.2, 0) is 9.47 Å². The van der Waals surface area contributed by atoms with Crippen molar-refractivity contribution >= 4 is 0 Å². The summed E-state index contributed by atoms with van der Waals surface area (Å²) in [5.41, 5.74) is 0.730. The molecule has 0 unspecified atom stereocenters. The lowest BCUT2D eigenvalue weighted by molar-refractivity contribution is -0.155. The van der Waals surface area contributed by atoms with Crippen LogP contribution in [0.3, 0.4) is 0 Å². The van der Waals surface area contributed by atoms with Crippen LogP contribution in [0, 0.1) is 0 Å². The topological polar surface area (TPSA) is 38.7 Å². The Balaban J connectivity index is 2.22. The van der Waals surface area contributed by atoms with E-state index < -0.39 is 5.79 Å². The van der Waals surface area contributed by atoms with E-state index in [-0.39, 0.29) is 11.7 Å². The quantitative estimate of drug-likeness (QED) is 0.575. The molecular formula is C10H16O3. The van der Waals surface area contributed by atoms with Gasteiger partial charge in [0.05, 0.1) is 12.7 Å². The lowest BCUT2D eigenvalue weighted by Gasteiger charge is -2.26. The summed E-state index contributed by atoms with van der Waals surface area (Å²) in [5.74, 6) is -0.515. The fraction of sp³-hybridized carbons (Fsp3) is 0.800. The van der Waals surface area contributed by atoms with Crippen molar-refractivity contribution in [2.75, 3.05) is 6.61 Å². The third kappa shape index (κ3) is 1.41. The zero-order chi connectivity index (χ0) is 9.69. The molecule has 1 fully saturated rings. The molecule has 0 aromatic heterocycles. The fourth-order valence-corrected chi connectivity index (χ4v) is 2.11. The molecule has 3 nitrogen and oxygen atoms in total. The monoisotopic (exact) mass is 184 g/mol. The predicted octanol–water partition coefficient (Wildman–Crippen LogP) is 1.22. The summed E-state index contributed by atoms with van der Waals surface area (Å²) in [5, 5.41) is 9.48. The summed E-state index contributed by atoms with van der Waals surface area (Å²) in [4.78, 5) is 0. The SMILES string of the molecule is CC1=C[C@@H](O)C[C@]12COC(C)(C)O2. The fourth-order valence-electron chi connectivity index (χ4n) is 2.11. The smallest absolute Gasteiger partial charge is 0.164 e. The van der Waals surface area contributed by atoms with Crippen molar-refractivity contribution in [3.05, 3.63) is 11.6 Å². The Labute approximate surface area is 78.3 Å². The third-order valence-electron chi connectivity index (χ3n) is 2.79. The molecule has 1 heterocycles. The molecule has 1 N–H and O–H groups in total. The zero-order valence-electron chi connectivity index (χ0n) is 8.33. The van der Waals surface area contributed by atoms with Gasteiger partial charge in [-0.05, 0) is 26.3 Å². The highest BCUT2D eigenvalue weighted by molar-refractivity contribution is 5.25. The molecule has 0 saturated carbocycles. The Hall–Kier alpha value is -0.380. The minimum absolute atomic E-state index is 0.358. The Bertz CT molecular complexity index is 257. The van der Waals surface area contributed by atoms with Crippen LogP contribution in [-0.4, -0.2) is 29.2 Å². The maximum Gasteiger partial charge on any atom is 0.164 e. The summed E-state index contributed by atoms with van der Waals surface area (Å²) in [6, 6.07) is 0. The van der Waals surface area contributed by atoms with Gasteiger partial charge in [-0.25, -0.2) is 0 Å². The second-order valence-electron chi connectivity index (χ2n) is 4.41. The van der Waals surface area contributed by atoms with Crippen LogP contribution >= 0.6 is 0 Å². The van der Waals surface area contributed by atoms with Gasteiger partial charge in [-0.1, -0.05) is 6.08 Å². The molecular weight excluding hydrogens is 168 g/mol. The summed E-state index contributed by atoms with van der Waals surface area (Å²) < 4.78 is 11.4. The normalized spacial score (nSPS) is 42.8. The Kier molecular flexibility index (Phi) is 1.81. The molecule has 74 valence electrons. The lowest BCUT2D eigenvalue weighted by atomic mass is 9.98. The third-order valence-corrected chi connectivity index (χ3v) is 2.79. The first-order valence-electron chi connectivity index (χ1n) is 4.65. The largest absolute Gasteiger partial charge is 0.389 e. The summed E-state index contributed by atoms with van der Waals surface area (Å²) in [7, 11) is 0. The van der Waals surface area contributed by atoms with Crippen LogP contribution in [0.1, 0.15) is 27.2 Å². The Morgan fingerprint density at radius 2 is 2.23 bits per heavy atom. The van der Waals surface area contributed by atoms with E-state index >= 15 is 0 Å². The van der Waals surface area contributed by atoms with Crippen molar-refractivity contribution in [1.29, 1.82) is 0 Å². The first kappa shape index (κ1) is 9.19. The van der Waals surface area contributed by atoms with E-state index in [9.17, 15) is 5.11 Å². The maximum absolute atomic E-state index is 9.48. The molecule has 0 aromatic carbocycles. The van der Waals surface area contributed by atoms with Crippen LogP contribution in [0.5, 0.6) is 0 Å². The van der Waals surface area contributed by atoms with Gasteiger partial charge in [-0.3, -0.25) is 0 Å². The average molecular weight is 184 g/mol. The van der Waals surface area contributed by atoms with Gasteiger partial charge in [-0.2, -0.15) is 0 Å². The Morgan fingerprint density at radius 3 is 2.62 bits per heavy atom. The number of ether oxygens (including phenoxy) is 2. The van der Waals surface area contributed by atoms with Gasteiger partial charge in [0.15, 0.2) is 5.79 Å². The number of hydrogen-bond donors (Lipinski definition) is 1. The molecule has 1 aliphatic heterocycles. The standard InChI is InChI=1S/C10H16O3/c1-7-4-8(11)5-10(7)6-12-9(2,3)13-10/h4,8,11H,5-6H2,1-3H3/t8-,10+/m1/s1. The average Bonchev–Trinajstić information content (AvgIpc) is 2.38. The van der Waals surface area contributed by atoms with E-state index in [2.05, 4.69) is 0 Å². The van der Waals surface area contributed by atoms with Gasteiger partial charge in [0.25, 0.3) is 0 Å². The molecule has 0 radical (unpaired) electrons. The van der Waals surface area contributed by atoms with Crippen LogP contribution in [0.15, 0.2) is 11.6 Å². The molecule has 1 aliphatic carbocycles. The second kappa shape index (κ2) is 2.56. The first-order valence-corrected chi connectivity index (χ1v) is 4.65. The van der Waals surface area contributed by atoms with Crippen molar-refractivity contribution in [3.63, 3.8) is 0 Å². The molecule has 13 heavy (non-hydrogen) atoms.